The Kier molecular flexibility index (Phi) is 5.86. The normalized spacial score (nSPS) is 13.7. The molecule has 0 aliphatic rings. The van der Waals surface area contributed by atoms with Crippen molar-refractivity contribution in [3.05, 3.63) is 0 Å². The highest BCUT2D eigenvalue weighted by atomic mass is 16.8. The van der Waals surface area contributed by atoms with E-state index in [9.17, 15) is 0 Å². The van der Waals surface area contributed by atoms with Crippen LogP contribution in [0.15, 0.2) is 0 Å². The van der Waals surface area contributed by atoms with Gasteiger partial charge in [-0.3, -0.25) is 0 Å². The van der Waals surface area contributed by atoms with Gasteiger partial charge in [0.15, 0.2) is 0 Å². The van der Waals surface area contributed by atoms with Crippen LogP contribution in [0.1, 0.15) is 6.92 Å². The molecule has 1 atom stereocenters. The minimum Gasteiger partial charge on any atom is -0.394 e. The van der Waals surface area contributed by atoms with E-state index >= 15 is 0 Å². The average Bonchev–Trinajstić information content (AvgIpc) is 1.85. The zero-order valence-electron chi connectivity index (χ0n) is 5.41. The Labute approximate surface area is 54.0 Å². The molecule has 0 aromatic rings. The van der Waals surface area contributed by atoms with Crippen molar-refractivity contribution >= 4 is 0 Å². The fourth-order valence-corrected chi connectivity index (χ4v) is 0.344. The molecule has 2 N–H and O–H groups in total. The van der Waals surface area contributed by atoms with Gasteiger partial charge in [-0.05, 0) is 6.92 Å². The smallest absolute Gasteiger partial charge is 0.269 e. The van der Waals surface area contributed by atoms with Crippen molar-refractivity contribution < 1.29 is 19.7 Å². The molecule has 0 bridgehead atoms. The summed E-state index contributed by atoms with van der Waals surface area (Å²) < 4.78 is 9.08. The first kappa shape index (κ1) is 8.84. The Hall–Kier alpha value is -0.160. The maximum atomic E-state index is 8.62. The molecule has 0 saturated carbocycles. The summed E-state index contributed by atoms with van der Waals surface area (Å²) in [7, 11) is 0. The van der Waals surface area contributed by atoms with Gasteiger partial charge in [-0.25, -0.2) is 0 Å². The molecule has 0 rings (SSSR count). The van der Waals surface area contributed by atoms with Crippen molar-refractivity contribution in [1.82, 2.24) is 0 Å². The highest BCUT2D eigenvalue weighted by Gasteiger charge is 1.99. The Morgan fingerprint density at radius 1 is 1.44 bits per heavy atom. The second-order valence-electron chi connectivity index (χ2n) is 1.36. The van der Waals surface area contributed by atoms with E-state index in [1.54, 1.807) is 6.92 Å². The third-order valence-electron chi connectivity index (χ3n) is 0.661. The number of ether oxygens (including phenoxy) is 2. The van der Waals surface area contributed by atoms with E-state index < -0.39 is 6.48 Å². The maximum Gasteiger partial charge on any atom is 0.269 e. The van der Waals surface area contributed by atoms with Crippen molar-refractivity contribution in [2.24, 2.45) is 0 Å². The summed E-state index contributed by atoms with van der Waals surface area (Å²) in [4.78, 5) is 0. The third-order valence-corrected chi connectivity index (χ3v) is 0.661. The number of rotatable bonds is 5. The summed E-state index contributed by atoms with van der Waals surface area (Å²) in [6.07, 6.45) is 0. The number of aliphatic hydroxyl groups excluding tert-OH is 2. The maximum absolute atomic E-state index is 8.62. The molecule has 0 fully saturated rings. The van der Waals surface area contributed by atoms with E-state index in [2.05, 4.69) is 9.47 Å². The van der Waals surface area contributed by atoms with Crippen molar-refractivity contribution in [2.75, 3.05) is 19.8 Å². The molecule has 0 saturated heterocycles. The average molecular weight is 136 g/mol. The van der Waals surface area contributed by atoms with Crippen LogP contribution in [-0.4, -0.2) is 36.5 Å². The Morgan fingerprint density at radius 2 is 2.11 bits per heavy atom. The van der Waals surface area contributed by atoms with Crippen LogP contribution in [0.4, 0.5) is 0 Å². The molecule has 0 aromatic heterocycles. The van der Waals surface area contributed by atoms with Gasteiger partial charge >= 0.3 is 0 Å². The van der Waals surface area contributed by atoms with Gasteiger partial charge in [0.1, 0.15) is 0 Å². The van der Waals surface area contributed by atoms with Crippen LogP contribution in [0.3, 0.4) is 0 Å². The molecule has 1 unspecified atom stereocenters. The lowest BCUT2D eigenvalue weighted by Gasteiger charge is -2.08. The first-order chi connectivity index (χ1) is 4.31. The molecule has 0 spiro atoms. The molecule has 0 radical (unpaired) electrons. The van der Waals surface area contributed by atoms with E-state index in [1.807, 2.05) is 0 Å². The summed E-state index contributed by atoms with van der Waals surface area (Å²) in [5.74, 6) is 0. The minimum atomic E-state index is -1.19. The van der Waals surface area contributed by atoms with Crippen molar-refractivity contribution in [3.8, 4) is 0 Å². The first-order valence-corrected chi connectivity index (χ1v) is 2.83. The summed E-state index contributed by atoms with van der Waals surface area (Å²) >= 11 is 0. The quantitative estimate of drug-likeness (QED) is 0.491. The van der Waals surface area contributed by atoms with E-state index in [0.717, 1.165) is 0 Å². The number of aliphatic hydroxyl groups is 2. The largest absolute Gasteiger partial charge is 0.394 e. The number of hydrogen-bond donors (Lipinski definition) is 2. The van der Waals surface area contributed by atoms with Gasteiger partial charge in [0.2, 0.25) is 0 Å². The van der Waals surface area contributed by atoms with Crippen LogP contribution >= 0.6 is 0 Å². The lowest BCUT2D eigenvalue weighted by Crippen LogP contribution is -2.17. The standard InChI is InChI=1S/C5H12O4/c1-2-8-5(7)9-4-3-6/h5-7H,2-4H2,1H3. The summed E-state index contributed by atoms with van der Waals surface area (Å²) in [5, 5.41) is 16.8. The summed E-state index contributed by atoms with van der Waals surface area (Å²) in [6, 6.07) is 0. The van der Waals surface area contributed by atoms with Crippen molar-refractivity contribution in [2.45, 2.75) is 13.4 Å². The van der Waals surface area contributed by atoms with E-state index in [4.69, 9.17) is 10.2 Å². The lowest BCUT2D eigenvalue weighted by atomic mass is 10.8. The molecule has 4 heteroatoms. The van der Waals surface area contributed by atoms with E-state index in [-0.39, 0.29) is 13.2 Å². The van der Waals surface area contributed by atoms with Crippen LogP contribution in [0.2, 0.25) is 0 Å². The number of hydrogen-bond acceptors (Lipinski definition) is 4. The fourth-order valence-electron chi connectivity index (χ4n) is 0.344. The molecular weight excluding hydrogens is 124 g/mol. The Balaban J connectivity index is 2.95. The predicted octanol–water partition coefficient (Wildman–Crippen LogP) is -0.692. The lowest BCUT2D eigenvalue weighted by molar-refractivity contribution is -0.263. The molecule has 0 amide bonds. The van der Waals surface area contributed by atoms with Gasteiger partial charge in [0.05, 0.1) is 13.2 Å². The Bertz CT molecular complexity index is 56.9. The predicted molar refractivity (Wildman–Crippen MR) is 30.7 cm³/mol. The molecule has 0 heterocycles. The van der Waals surface area contributed by atoms with E-state index in [0.29, 0.717) is 6.61 Å². The second kappa shape index (κ2) is 5.97. The third kappa shape index (κ3) is 5.72. The van der Waals surface area contributed by atoms with Gasteiger partial charge in [0.25, 0.3) is 6.48 Å². The van der Waals surface area contributed by atoms with Crippen molar-refractivity contribution in [3.63, 3.8) is 0 Å². The van der Waals surface area contributed by atoms with Gasteiger partial charge < -0.3 is 19.7 Å². The first-order valence-electron chi connectivity index (χ1n) is 2.83. The van der Waals surface area contributed by atoms with Crippen molar-refractivity contribution in [1.29, 1.82) is 0 Å². The SMILES string of the molecule is CCOC(O)OCCO. The fraction of sp³-hybridized carbons (Fsp3) is 1.00. The highest BCUT2D eigenvalue weighted by molar-refractivity contribution is 4.22. The molecule has 0 aliphatic carbocycles. The molecule has 9 heavy (non-hydrogen) atoms. The van der Waals surface area contributed by atoms with Crippen LogP contribution in [0.25, 0.3) is 0 Å². The van der Waals surface area contributed by atoms with Gasteiger partial charge in [-0.15, -0.1) is 0 Å². The summed E-state index contributed by atoms with van der Waals surface area (Å²) in [6.45, 7) is 0.936. The van der Waals surface area contributed by atoms with E-state index in [1.165, 1.54) is 0 Å². The molecule has 0 aromatic carbocycles. The topological polar surface area (TPSA) is 58.9 Å². The van der Waals surface area contributed by atoms with Crippen LogP contribution in [0, 0.1) is 0 Å². The van der Waals surface area contributed by atoms with Gasteiger partial charge in [-0.2, -0.15) is 0 Å². The van der Waals surface area contributed by atoms with Crippen LogP contribution in [-0.2, 0) is 9.47 Å². The van der Waals surface area contributed by atoms with Gasteiger partial charge in [0, 0.05) is 6.61 Å². The van der Waals surface area contributed by atoms with Gasteiger partial charge in [-0.1, -0.05) is 0 Å². The second-order valence-corrected chi connectivity index (χ2v) is 1.36. The monoisotopic (exact) mass is 136 g/mol. The molecule has 4 nitrogen and oxygen atoms in total. The zero-order valence-corrected chi connectivity index (χ0v) is 5.41. The highest BCUT2D eigenvalue weighted by Crippen LogP contribution is 1.87. The van der Waals surface area contributed by atoms with Crippen LogP contribution in [0.5, 0.6) is 0 Å². The molecular formula is C5H12O4. The Morgan fingerprint density at radius 3 is 2.56 bits per heavy atom. The molecule has 0 aliphatic heterocycles. The van der Waals surface area contributed by atoms with Crippen LogP contribution < -0.4 is 0 Å². The molecule has 56 valence electrons. The minimum absolute atomic E-state index is 0.0984. The summed E-state index contributed by atoms with van der Waals surface area (Å²) in [5.41, 5.74) is 0. The zero-order chi connectivity index (χ0) is 7.11.